The van der Waals surface area contributed by atoms with E-state index in [0.717, 1.165) is 0 Å². The Morgan fingerprint density at radius 2 is 1.47 bits per heavy atom. The van der Waals surface area contributed by atoms with Gasteiger partial charge in [-0.25, -0.2) is 18.0 Å². The molecule has 0 spiro atoms. The van der Waals surface area contributed by atoms with Crippen molar-refractivity contribution in [3.63, 3.8) is 0 Å². The van der Waals surface area contributed by atoms with Crippen LogP contribution in [0.25, 0.3) is 0 Å². The van der Waals surface area contributed by atoms with E-state index in [1.807, 2.05) is 6.26 Å². The normalized spacial score (nSPS) is 26.1. The number of aliphatic hydroxyl groups is 1. The Kier molecular flexibility index (Phi) is 9.57. The Hall–Kier alpha value is -1.24. The van der Waals surface area contributed by atoms with Crippen LogP contribution in [-0.4, -0.2) is 108 Å². The van der Waals surface area contributed by atoms with Gasteiger partial charge in [-0.05, 0) is 60.6 Å². The molecule has 2 heterocycles. The van der Waals surface area contributed by atoms with E-state index >= 15 is 0 Å². The van der Waals surface area contributed by atoms with Gasteiger partial charge in [-0.15, -0.1) is 0 Å². The lowest BCUT2D eigenvalue weighted by molar-refractivity contribution is 0.0137. The molecule has 2 amide bonds. The molecule has 0 bridgehead atoms. The minimum atomic E-state index is -3.71. The predicted molar refractivity (Wildman–Crippen MR) is 131 cm³/mol. The molecule has 12 heteroatoms. The summed E-state index contributed by atoms with van der Waals surface area (Å²) in [6.07, 6.45) is 1.69. The maximum absolute atomic E-state index is 13.0. The summed E-state index contributed by atoms with van der Waals surface area (Å²) in [6, 6.07) is -0.913. The molecule has 0 aromatic heterocycles. The SMILES string of the molecule is CS[C@H]1C[C@@H](COCS(=O)(=O)[C@H]2C[C@@H](CO)N(C(=O)OC(C)(C)C)C2)N(C(=O)OC(C)(C)C)C1. The van der Waals surface area contributed by atoms with E-state index in [1.165, 1.54) is 4.90 Å². The largest absolute Gasteiger partial charge is 0.444 e. The fourth-order valence-electron chi connectivity index (χ4n) is 3.99. The van der Waals surface area contributed by atoms with E-state index in [9.17, 15) is 23.1 Å². The monoisotopic (exact) mass is 524 g/mol. The maximum Gasteiger partial charge on any atom is 0.410 e. The van der Waals surface area contributed by atoms with Crippen molar-refractivity contribution < 1.29 is 37.3 Å². The lowest BCUT2D eigenvalue weighted by Gasteiger charge is -2.28. The Labute approximate surface area is 207 Å². The zero-order valence-corrected chi connectivity index (χ0v) is 22.9. The van der Waals surface area contributed by atoms with E-state index in [2.05, 4.69) is 0 Å². The van der Waals surface area contributed by atoms with Gasteiger partial charge in [0.25, 0.3) is 0 Å². The molecule has 0 saturated carbocycles. The predicted octanol–water partition coefficient (Wildman–Crippen LogP) is 2.49. The van der Waals surface area contributed by atoms with Crippen LogP contribution in [0.4, 0.5) is 9.59 Å². The van der Waals surface area contributed by atoms with Crippen LogP contribution in [0.5, 0.6) is 0 Å². The van der Waals surface area contributed by atoms with Crippen molar-refractivity contribution in [1.29, 1.82) is 0 Å². The Morgan fingerprint density at radius 1 is 0.941 bits per heavy atom. The molecule has 1 N–H and O–H groups in total. The highest BCUT2D eigenvalue weighted by Crippen LogP contribution is 2.29. The minimum Gasteiger partial charge on any atom is -0.444 e. The number of carbonyl (C=O) groups is 2. The van der Waals surface area contributed by atoms with Crippen LogP contribution in [0.3, 0.4) is 0 Å². The number of aliphatic hydroxyl groups excluding tert-OH is 1. The van der Waals surface area contributed by atoms with Crippen molar-refractivity contribution in [2.45, 2.75) is 88.2 Å². The van der Waals surface area contributed by atoms with E-state index in [1.54, 1.807) is 58.2 Å². The molecular weight excluding hydrogens is 484 g/mol. The second kappa shape index (κ2) is 11.2. The highest BCUT2D eigenvalue weighted by atomic mass is 32.2. The first-order valence-electron chi connectivity index (χ1n) is 11.5. The van der Waals surface area contributed by atoms with Gasteiger partial charge in [0, 0.05) is 18.3 Å². The number of thioether (sulfide) groups is 1. The average molecular weight is 525 g/mol. The lowest BCUT2D eigenvalue weighted by Crippen LogP contribution is -2.42. The average Bonchev–Trinajstić information content (AvgIpc) is 3.30. The maximum atomic E-state index is 13.0. The molecule has 0 unspecified atom stereocenters. The van der Waals surface area contributed by atoms with Crippen molar-refractivity contribution in [1.82, 2.24) is 9.80 Å². The fourth-order valence-corrected chi connectivity index (χ4v) is 6.14. The van der Waals surface area contributed by atoms with Crippen molar-refractivity contribution in [3.05, 3.63) is 0 Å². The number of hydrogen-bond donors (Lipinski definition) is 1. The zero-order chi connectivity index (χ0) is 25.9. The number of hydrogen-bond acceptors (Lipinski definition) is 9. The van der Waals surface area contributed by atoms with Crippen LogP contribution < -0.4 is 0 Å². The van der Waals surface area contributed by atoms with Gasteiger partial charge in [0.05, 0.1) is 30.5 Å². The molecule has 198 valence electrons. The summed E-state index contributed by atoms with van der Waals surface area (Å²) in [5.74, 6) is -0.527. The third-order valence-electron chi connectivity index (χ3n) is 5.62. The van der Waals surface area contributed by atoms with Crippen LogP contribution in [0, 0.1) is 0 Å². The quantitative estimate of drug-likeness (QED) is 0.535. The van der Waals surface area contributed by atoms with Crippen molar-refractivity contribution in [3.8, 4) is 0 Å². The summed E-state index contributed by atoms with van der Waals surface area (Å²) in [6.45, 7) is 10.7. The molecular formula is C22H40N2O8S2. The smallest absolute Gasteiger partial charge is 0.410 e. The number of carbonyl (C=O) groups excluding carboxylic acids is 2. The highest BCUT2D eigenvalue weighted by molar-refractivity contribution is 7.99. The standard InChI is InChI=1S/C22H40N2O8S2/c1-21(2,3)31-19(26)23-10-17(33-7)8-16(23)13-30-14-34(28,29)18-9-15(12-25)24(11-18)20(27)32-22(4,5)6/h15-18,25H,8-14H2,1-7H3/t15-,16-,17-,18-/m0/s1. The van der Waals surface area contributed by atoms with Gasteiger partial charge in [-0.1, -0.05) is 0 Å². The van der Waals surface area contributed by atoms with Crippen LogP contribution in [0.15, 0.2) is 0 Å². The first-order valence-corrected chi connectivity index (χ1v) is 14.5. The molecule has 2 aliphatic rings. The lowest BCUT2D eigenvalue weighted by atomic mass is 10.2. The summed E-state index contributed by atoms with van der Waals surface area (Å²) in [7, 11) is -3.71. The van der Waals surface area contributed by atoms with E-state index in [-0.39, 0.29) is 37.5 Å². The number of amides is 2. The summed E-state index contributed by atoms with van der Waals surface area (Å²) in [5.41, 5.74) is -1.36. The summed E-state index contributed by atoms with van der Waals surface area (Å²) >= 11 is 1.65. The van der Waals surface area contributed by atoms with E-state index in [4.69, 9.17) is 14.2 Å². The van der Waals surface area contributed by atoms with Crippen molar-refractivity contribution in [2.24, 2.45) is 0 Å². The Balaban J connectivity index is 1.97. The fraction of sp³-hybridized carbons (Fsp3) is 0.909. The van der Waals surface area contributed by atoms with E-state index in [0.29, 0.717) is 13.0 Å². The summed E-state index contributed by atoms with van der Waals surface area (Å²) in [4.78, 5) is 28.0. The molecule has 2 fully saturated rings. The molecule has 2 saturated heterocycles. The molecule has 2 aliphatic heterocycles. The van der Waals surface area contributed by atoms with Gasteiger partial charge in [-0.2, -0.15) is 11.8 Å². The minimum absolute atomic E-state index is 0.0617. The van der Waals surface area contributed by atoms with Gasteiger partial charge in [0.2, 0.25) is 0 Å². The van der Waals surface area contributed by atoms with Crippen LogP contribution >= 0.6 is 11.8 Å². The Morgan fingerprint density at radius 3 is 1.94 bits per heavy atom. The second-order valence-electron chi connectivity index (χ2n) is 10.9. The van der Waals surface area contributed by atoms with Crippen molar-refractivity contribution >= 4 is 33.8 Å². The number of ether oxygens (including phenoxy) is 3. The van der Waals surface area contributed by atoms with Gasteiger partial charge >= 0.3 is 12.2 Å². The molecule has 4 atom stereocenters. The molecule has 0 aromatic rings. The van der Waals surface area contributed by atoms with Crippen LogP contribution in [0.2, 0.25) is 0 Å². The molecule has 0 radical (unpaired) electrons. The van der Waals surface area contributed by atoms with E-state index < -0.39 is 50.5 Å². The van der Waals surface area contributed by atoms with Crippen molar-refractivity contribution in [2.75, 3.05) is 38.5 Å². The first kappa shape index (κ1) is 29.0. The molecule has 0 aromatic carbocycles. The van der Waals surface area contributed by atoms with Gasteiger partial charge < -0.3 is 29.1 Å². The third-order valence-corrected chi connectivity index (χ3v) is 8.48. The van der Waals surface area contributed by atoms with Gasteiger partial charge in [0.1, 0.15) is 17.1 Å². The Bertz CT molecular complexity index is 822. The second-order valence-corrected chi connectivity index (χ2v) is 14.2. The molecule has 2 rings (SSSR count). The van der Waals surface area contributed by atoms with Crippen LogP contribution in [0.1, 0.15) is 54.4 Å². The topological polar surface area (TPSA) is 123 Å². The molecule has 34 heavy (non-hydrogen) atoms. The summed E-state index contributed by atoms with van der Waals surface area (Å²) in [5, 5.41) is 9.03. The first-order chi connectivity index (χ1) is 15.6. The van der Waals surface area contributed by atoms with Gasteiger partial charge in [0.15, 0.2) is 9.84 Å². The molecule has 0 aliphatic carbocycles. The number of likely N-dealkylation sites (tertiary alicyclic amines) is 2. The van der Waals surface area contributed by atoms with Crippen LogP contribution in [-0.2, 0) is 24.0 Å². The number of nitrogens with zero attached hydrogens (tertiary/aromatic N) is 2. The highest BCUT2D eigenvalue weighted by Gasteiger charge is 2.43. The van der Waals surface area contributed by atoms with Gasteiger partial charge in [-0.3, -0.25) is 0 Å². The zero-order valence-electron chi connectivity index (χ0n) is 21.3. The number of rotatable bonds is 7. The third kappa shape index (κ3) is 8.17. The summed E-state index contributed by atoms with van der Waals surface area (Å²) < 4.78 is 42.3. The molecule has 10 nitrogen and oxygen atoms in total. The number of sulfone groups is 1.